The lowest BCUT2D eigenvalue weighted by atomic mass is 9.77. The normalized spacial score (nSPS) is 13.5. The second kappa shape index (κ2) is 10.4. The lowest BCUT2D eigenvalue weighted by Gasteiger charge is -2.49. The molecule has 0 amide bonds. The molecule has 7 nitrogen and oxygen atoms in total. The minimum absolute atomic E-state index is 0.0361. The van der Waals surface area contributed by atoms with E-state index < -0.39 is 29.1 Å². The smallest absolute Gasteiger partial charge is 0.438 e. The summed E-state index contributed by atoms with van der Waals surface area (Å²) in [5.74, 6) is 0. The number of ether oxygens (including phenoxy) is 5. The number of rotatable bonds is 5. The zero-order chi connectivity index (χ0) is 25.7. The highest BCUT2D eigenvalue weighted by molar-refractivity contribution is 5.60. The third kappa shape index (κ3) is 9.67. The van der Waals surface area contributed by atoms with E-state index in [2.05, 4.69) is 30.2 Å². The van der Waals surface area contributed by atoms with E-state index >= 15 is 0 Å². The van der Waals surface area contributed by atoms with E-state index in [0.717, 1.165) is 0 Å². The van der Waals surface area contributed by atoms with Crippen LogP contribution in [0.3, 0.4) is 0 Å². The standard InChI is InChI=1S/C15H30O4.C9H18O3/c1-12(2,3)13(4,5)19-15(8,9)14(6,7)18-11(16)17-10;1-8(2,3)9(4,5)12-7(10)11-6/h1-10H3;1-6H3. The molecule has 7 heteroatoms. The number of methoxy groups -OCH3 is 2. The molecule has 0 unspecified atom stereocenters. The van der Waals surface area contributed by atoms with Crippen LogP contribution in [-0.4, -0.2) is 48.9 Å². The summed E-state index contributed by atoms with van der Waals surface area (Å²) < 4.78 is 25.7. The second-order valence-corrected chi connectivity index (χ2v) is 11.8. The van der Waals surface area contributed by atoms with Crippen LogP contribution < -0.4 is 0 Å². The average molecular weight is 449 g/mol. The lowest BCUT2D eigenvalue weighted by molar-refractivity contribution is -0.233. The first-order chi connectivity index (χ1) is 13.4. The lowest BCUT2D eigenvalue weighted by Crippen LogP contribution is -2.56. The van der Waals surface area contributed by atoms with Gasteiger partial charge in [-0.05, 0) is 60.8 Å². The van der Waals surface area contributed by atoms with Gasteiger partial charge in [0.1, 0.15) is 16.8 Å². The first kappa shape index (κ1) is 31.7. The van der Waals surface area contributed by atoms with Crippen molar-refractivity contribution in [3.8, 4) is 0 Å². The Kier molecular flexibility index (Phi) is 10.6. The molecule has 0 aliphatic carbocycles. The van der Waals surface area contributed by atoms with Gasteiger partial charge in [-0.15, -0.1) is 0 Å². The van der Waals surface area contributed by atoms with Gasteiger partial charge in [0.25, 0.3) is 0 Å². The number of carbonyl (C=O) groups is 2. The molecule has 0 fully saturated rings. The molecule has 31 heavy (non-hydrogen) atoms. The van der Waals surface area contributed by atoms with Crippen molar-refractivity contribution in [3.63, 3.8) is 0 Å². The molecule has 0 atom stereocenters. The van der Waals surface area contributed by atoms with Crippen molar-refractivity contribution < 1.29 is 33.3 Å². The van der Waals surface area contributed by atoms with Gasteiger partial charge in [0.15, 0.2) is 0 Å². The van der Waals surface area contributed by atoms with Crippen LogP contribution in [0.5, 0.6) is 0 Å². The topological polar surface area (TPSA) is 80.3 Å². The van der Waals surface area contributed by atoms with E-state index in [4.69, 9.17) is 14.2 Å². The third-order valence-corrected chi connectivity index (χ3v) is 6.58. The predicted molar refractivity (Wildman–Crippen MR) is 123 cm³/mol. The molecule has 0 aromatic rings. The Hall–Kier alpha value is -1.50. The molecular formula is C24H48O7. The highest BCUT2D eigenvalue weighted by Gasteiger charge is 2.48. The Bertz CT molecular complexity index is 588. The van der Waals surface area contributed by atoms with E-state index in [9.17, 15) is 9.59 Å². The molecule has 0 aliphatic rings. The summed E-state index contributed by atoms with van der Waals surface area (Å²) in [5.41, 5.74) is -2.47. The molecular weight excluding hydrogens is 400 g/mol. The van der Waals surface area contributed by atoms with Gasteiger partial charge in [0.2, 0.25) is 0 Å². The Morgan fingerprint density at radius 3 is 1.00 bits per heavy atom. The fourth-order valence-corrected chi connectivity index (χ4v) is 1.69. The molecule has 0 aromatic heterocycles. The van der Waals surface area contributed by atoms with Crippen molar-refractivity contribution >= 4 is 12.3 Å². The molecule has 0 saturated heterocycles. The monoisotopic (exact) mass is 448 g/mol. The van der Waals surface area contributed by atoms with Crippen molar-refractivity contribution in [2.45, 2.75) is 119 Å². The van der Waals surface area contributed by atoms with Gasteiger partial charge in [-0.2, -0.15) is 0 Å². The summed E-state index contributed by atoms with van der Waals surface area (Å²) in [6.45, 7) is 27.7. The highest BCUT2D eigenvalue weighted by atomic mass is 16.7. The van der Waals surface area contributed by atoms with Crippen molar-refractivity contribution in [3.05, 3.63) is 0 Å². The number of carbonyl (C=O) groups excluding carboxylic acids is 2. The van der Waals surface area contributed by atoms with Gasteiger partial charge in [-0.25, -0.2) is 9.59 Å². The molecule has 0 radical (unpaired) electrons. The second-order valence-electron chi connectivity index (χ2n) is 11.8. The van der Waals surface area contributed by atoms with E-state index in [-0.39, 0.29) is 16.4 Å². The zero-order valence-electron chi connectivity index (χ0n) is 22.9. The SMILES string of the molecule is COC(=O)OC(C)(C)C(C)(C)C.COC(=O)OC(C)(C)C(C)(C)OC(C)(C)C(C)(C)C. The summed E-state index contributed by atoms with van der Waals surface area (Å²) in [5, 5.41) is 0. The summed E-state index contributed by atoms with van der Waals surface area (Å²) in [4.78, 5) is 22.2. The van der Waals surface area contributed by atoms with Crippen LogP contribution >= 0.6 is 0 Å². The Morgan fingerprint density at radius 2 is 0.742 bits per heavy atom. The van der Waals surface area contributed by atoms with E-state index in [1.54, 1.807) is 0 Å². The van der Waals surface area contributed by atoms with Crippen molar-refractivity contribution in [2.75, 3.05) is 14.2 Å². The number of hydrogen-bond acceptors (Lipinski definition) is 7. The first-order valence-electron chi connectivity index (χ1n) is 10.6. The molecule has 0 saturated carbocycles. The molecule has 0 heterocycles. The van der Waals surface area contributed by atoms with Gasteiger partial charge in [-0.1, -0.05) is 41.5 Å². The quantitative estimate of drug-likeness (QED) is 0.430. The molecule has 0 aliphatic heterocycles. The van der Waals surface area contributed by atoms with Crippen LogP contribution in [0, 0.1) is 10.8 Å². The van der Waals surface area contributed by atoms with Gasteiger partial charge in [-0.3, -0.25) is 0 Å². The first-order valence-corrected chi connectivity index (χ1v) is 10.6. The highest BCUT2D eigenvalue weighted by Crippen LogP contribution is 2.40. The van der Waals surface area contributed by atoms with Crippen LogP contribution in [0.25, 0.3) is 0 Å². The summed E-state index contributed by atoms with van der Waals surface area (Å²) in [7, 11) is 2.60. The molecule has 0 bridgehead atoms. The summed E-state index contributed by atoms with van der Waals surface area (Å²) in [6, 6.07) is 0. The molecule has 0 rings (SSSR count). The Morgan fingerprint density at radius 1 is 0.452 bits per heavy atom. The zero-order valence-corrected chi connectivity index (χ0v) is 22.9. The molecule has 186 valence electrons. The van der Waals surface area contributed by atoms with Gasteiger partial charge < -0.3 is 23.7 Å². The van der Waals surface area contributed by atoms with Crippen molar-refractivity contribution in [1.29, 1.82) is 0 Å². The van der Waals surface area contributed by atoms with Gasteiger partial charge in [0.05, 0.1) is 19.8 Å². The minimum Gasteiger partial charge on any atom is -0.438 e. The summed E-state index contributed by atoms with van der Waals surface area (Å²) >= 11 is 0. The van der Waals surface area contributed by atoms with Crippen LogP contribution in [0.15, 0.2) is 0 Å². The van der Waals surface area contributed by atoms with Crippen molar-refractivity contribution in [1.82, 2.24) is 0 Å². The molecule has 0 N–H and O–H groups in total. The predicted octanol–water partition coefficient (Wildman–Crippen LogP) is 6.76. The minimum atomic E-state index is -0.803. The van der Waals surface area contributed by atoms with Gasteiger partial charge >= 0.3 is 12.3 Å². The maximum absolute atomic E-state index is 11.3. The van der Waals surface area contributed by atoms with Crippen LogP contribution in [0.1, 0.15) is 96.9 Å². The van der Waals surface area contributed by atoms with E-state index in [1.165, 1.54) is 14.2 Å². The molecule has 0 spiro atoms. The van der Waals surface area contributed by atoms with E-state index in [1.807, 2.05) is 76.2 Å². The number of hydrogen-bond donors (Lipinski definition) is 0. The largest absolute Gasteiger partial charge is 0.508 e. The fourth-order valence-electron chi connectivity index (χ4n) is 1.69. The van der Waals surface area contributed by atoms with Crippen LogP contribution in [0.4, 0.5) is 9.59 Å². The maximum atomic E-state index is 11.3. The van der Waals surface area contributed by atoms with E-state index in [0.29, 0.717) is 0 Å². The fraction of sp³-hybridized carbons (Fsp3) is 0.917. The van der Waals surface area contributed by atoms with Crippen molar-refractivity contribution in [2.24, 2.45) is 10.8 Å². The Balaban J connectivity index is 0. The Labute approximate surface area is 190 Å². The maximum Gasteiger partial charge on any atom is 0.508 e. The van der Waals surface area contributed by atoms with Crippen LogP contribution in [-0.2, 0) is 23.7 Å². The molecule has 0 aromatic carbocycles. The van der Waals surface area contributed by atoms with Crippen LogP contribution in [0.2, 0.25) is 0 Å². The van der Waals surface area contributed by atoms with Gasteiger partial charge in [0, 0.05) is 5.41 Å². The summed E-state index contributed by atoms with van der Waals surface area (Å²) in [6.07, 6.45) is -1.33. The third-order valence-electron chi connectivity index (χ3n) is 6.58. The average Bonchev–Trinajstić information content (AvgIpc) is 2.51.